The molecule has 0 amide bonds. The first kappa shape index (κ1) is 13.0. The summed E-state index contributed by atoms with van der Waals surface area (Å²) in [4.78, 5) is 6.55. The zero-order valence-electron chi connectivity index (χ0n) is 9.65. The van der Waals surface area contributed by atoms with Crippen molar-refractivity contribution in [3.8, 4) is 6.07 Å². The molecule has 86 valence electrons. The summed E-state index contributed by atoms with van der Waals surface area (Å²) < 4.78 is 0. The molecule has 1 aromatic heterocycles. The Hall–Kier alpha value is -1.08. The molecule has 0 unspecified atom stereocenters. The van der Waals surface area contributed by atoms with Crippen LogP contribution in [0.2, 0.25) is 0 Å². The summed E-state index contributed by atoms with van der Waals surface area (Å²) in [5, 5.41) is 9.44. The Bertz CT molecular complexity index is 354. The Kier molecular flexibility index (Phi) is 5.27. The molecule has 0 atom stereocenters. The Morgan fingerprint density at radius 2 is 2.25 bits per heavy atom. The Balaban J connectivity index is 2.80. The minimum absolute atomic E-state index is 0.357. The minimum Gasteiger partial charge on any atom is -0.353 e. The van der Waals surface area contributed by atoms with Gasteiger partial charge in [0.1, 0.15) is 5.82 Å². The van der Waals surface area contributed by atoms with E-state index < -0.39 is 0 Å². The van der Waals surface area contributed by atoms with Gasteiger partial charge >= 0.3 is 0 Å². The molecule has 0 aliphatic carbocycles. The van der Waals surface area contributed by atoms with E-state index in [1.807, 2.05) is 12.3 Å². The third-order valence-electron chi connectivity index (χ3n) is 2.35. The van der Waals surface area contributed by atoms with Gasteiger partial charge in [-0.1, -0.05) is 22.0 Å². The van der Waals surface area contributed by atoms with Gasteiger partial charge in [-0.05, 0) is 25.5 Å². The molecule has 3 nitrogen and oxygen atoms in total. The van der Waals surface area contributed by atoms with Crippen molar-refractivity contribution < 1.29 is 0 Å². The van der Waals surface area contributed by atoms with Crippen molar-refractivity contribution in [3.05, 3.63) is 23.9 Å². The molecule has 0 N–H and O–H groups in total. The topological polar surface area (TPSA) is 39.9 Å². The second-order valence-corrected chi connectivity index (χ2v) is 4.41. The maximum atomic E-state index is 8.62. The number of halogens is 1. The van der Waals surface area contributed by atoms with Gasteiger partial charge in [0, 0.05) is 24.1 Å². The summed E-state index contributed by atoms with van der Waals surface area (Å²) in [6.45, 7) is 4.95. The van der Waals surface area contributed by atoms with E-state index in [9.17, 15) is 0 Å². The molecule has 0 radical (unpaired) electrons. The molecule has 1 aromatic rings. The smallest absolute Gasteiger partial charge is 0.128 e. The van der Waals surface area contributed by atoms with Crippen molar-refractivity contribution in [1.82, 2.24) is 4.98 Å². The van der Waals surface area contributed by atoms with Crippen molar-refractivity contribution in [1.29, 1.82) is 5.26 Å². The van der Waals surface area contributed by atoms with E-state index in [1.54, 1.807) is 0 Å². The summed E-state index contributed by atoms with van der Waals surface area (Å²) in [6.07, 6.45) is 2.39. The Morgan fingerprint density at radius 1 is 1.50 bits per heavy atom. The molecule has 0 aliphatic rings. The fourth-order valence-corrected chi connectivity index (χ4v) is 1.81. The summed E-state index contributed by atoms with van der Waals surface area (Å²) in [5.41, 5.74) is 1.16. The fraction of sp³-hybridized carbons (Fsp3) is 0.500. The standard InChI is InChI=1S/C12H16BrN3/c1-10(2)16(7-3-6-14)12-5-4-11(8-13)9-15-12/h4-5,9-10H,3,7-8H2,1-2H3. The largest absolute Gasteiger partial charge is 0.353 e. The van der Waals surface area contributed by atoms with E-state index in [4.69, 9.17) is 5.26 Å². The van der Waals surface area contributed by atoms with Crippen LogP contribution in [0.5, 0.6) is 0 Å². The zero-order valence-corrected chi connectivity index (χ0v) is 11.2. The van der Waals surface area contributed by atoms with Gasteiger partial charge in [-0.25, -0.2) is 4.98 Å². The third-order valence-corrected chi connectivity index (χ3v) is 2.99. The summed E-state index contributed by atoms with van der Waals surface area (Å²) >= 11 is 3.39. The lowest BCUT2D eigenvalue weighted by Crippen LogP contribution is -2.32. The average Bonchev–Trinajstić information content (AvgIpc) is 2.30. The second kappa shape index (κ2) is 6.49. The Labute approximate surface area is 105 Å². The van der Waals surface area contributed by atoms with Crippen LogP contribution in [0.15, 0.2) is 18.3 Å². The van der Waals surface area contributed by atoms with Gasteiger partial charge in [-0.2, -0.15) is 5.26 Å². The van der Waals surface area contributed by atoms with Crippen LogP contribution in [0.3, 0.4) is 0 Å². The number of nitriles is 1. The van der Waals surface area contributed by atoms with Gasteiger partial charge in [-0.15, -0.1) is 0 Å². The second-order valence-electron chi connectivity index (χ2n) is 3.85. The normalized spacial score (nSPS) is 10.2. The molecule has 0 aromatic carbocycles. The number of hydrogen-bond acceptors (Lipinski definition) is 3. The highest BCUT2D eigenvalue weighted by Gasteiger charge is 2.10. The summed E-state index contributed by atoms with van der Waals surface area (Å²) in [7, 11) is 0. The van der Waals surface area contributed by atoms with E-state index >= 15 is 0 Å². The predicted molar refractivity (Wildman–Crippen MR) is 69.6 cm³/mol. The van der Waals surface area contributed by atoms with Gasteiger partial charge in [0.2, 0.25) is 0 Å². The van der Waals surface area contributed by atoms with Crippen molar-refractivity contribution in [2.45, 2.75) is 31.6 Å². The Morgan fingerprint density at radius 3 is 2.69 bits per heavy atom. The van der Waals surface area contributed by atoms with Gasteiger partial charge in [0.15, 0.2) is 0 Å². The van der Waals surface area contributed by atoms with Crippen LogP contribution in [0.1, 0.15) is 25.8 Å². The van der Waals surface area contributed by atoms with E-state index in [1.165, 1.54) is 0 Å². The molecule has 0 aliphatic heterocycles. The first-order valence-electron chi connectivity index (χ1n) is 5.33. The van der Waals surface area contributed by atoms with Crippen LogP contribution in [0.25, 0.3) is 0 Å². The van der Waals surface area contributed by atoms with Gasteiger partial charge in [0.05, 0.1) is 12.5 Å². The number of anilines is 1. The zero-order chi connectivity index (χ0) is 12.0. The maximum absolute atomic E-state index is 8.62. The number of hydrogen-bond donors (Lipinski definition) is 0. The molecule has 1 rings (SSSR count). The molecule has 0 bridgehead atoms. The number of pyridine rings is 1. The van der Waals surface area contributed by atoms with E-state index in [0.717, 1.165) is 23.3 Å². The molecule has 4 heteroatoms. The monoisotopic (exact) mass is 281 g/mol. The lowest BCUT2D eigenvalue weighted by Gasteiger charge is -2.26. The predicted octanol–water partition coefficient (Wildman–Crippen LogP) is 3.10. The quantitative estimate of drug-likeness (QED) is 0.779. The molecule has 0 fully saturated rings. The minimum atomic E-state index is 0.357. The number of alkyl halides is 1. The maximum Gasteiger partial charge on any atom is 0.128 e. The van der Waals surface area contributed by atoms with Crippen LogP contribution >= 0.6 is 15.9 Å². The molecule has 0 spiro atoms. The first-order valence-corrected chi connectivity index (χ1v) is 6.45. The molecule has 16 heavy (non-hydrogen) atoms. The van der Waals surface area contributed by atoms with E-state index in [0.29, 0.717) is 12.5 Å². The molecule has 0 saturated carbocycles. The van der Waals surface area contributed by atoms with Crippen LogP contribution in [-0.2, 0) is 5.33 Å². The molecule has 0 saturated heterocycles. The average molecular weight is 282 g/mol. The number of nitrogens with zero attached hydrogens (tertiary/aromatic N) is 3. The third kappa shape index (κ3) is 3.49. The van der Waals surface area contributed by atoms with Crippen LogP contribution < -0.4 is 4.90 Å². The first-order chi connectivity index (χ1) is 7.69. The fourth-order valence-electron chi connectivity index (χ4n) is 1.47. The number of aromatic nitrogens is 1. The summed E-state index contributed by atoms with van der Waals surface area (Å²) in [6, 6.07) is 6.59. The van der Waals surface area contributed by atoms with E-state index in [-0.39, 0.29) is 0 Å². The van der Waals surface area contributed by atoms with Gasteiger partial charge in [0.25, 0.3) is 0 Å². The lowest BCUT2D eigenvalue weighted by atomic mass is 10.2. The summed E-state index contributed by atoms with van der Waals surface area (Å²) in [5.74, 6) is 0.940. The molecule has 1 heterocycles. The lowest BCUT2D eigenvalue weighted by molar-refractivity contribution is 0.677. The van der Waals surface area contributed by atoms with Gasteiger partial charge in [-0.3, -0.25) is 0 Å². The van der Waals surface area contributed by atoms with Crippen molar-refractivity contribution >= 4 is 21.7 Å². The van der Waals surface area contributed by atoms with Crippen LogP contribution in [0.4, 0.5) is 5.82 Å². The highest BCUT2D eigenvalue weighted by Crippen LogP contribution is 2.15. The van der Waals surface area contributed by atoms with Crippen LogP contribution in [-0.4, -0.2) is 17.6 Å². The van der Waals surface area contributed by atoms with Gasteiger partial charge < -0.3 is 4.90 Å². The van der Waals surface area contributed by atoms with Crippen molar-refractivity contribution in [2.24, 2.45) is 0 Å². The van der Waals surface area contributed by atoms with Crippen LogP contribution in [0, 0.1) is 11.3 Å². The molecular formula is C12H16BrN3. The van der Waals surface area contributed by atoms with Crippen molar-refractivity contribution in [2.75, 3.05) is 11.4 Å². The SMILES string of the molecule is CC(C)N(CCC#N)c1ccc(CBr)cn1. The highest BCUT2D eigenvalue weighted by atomic mass is 79.9. The van der Waals surface area contributed by atoms with E-state index in [2.05, 4.69) is 51.8 Å². The highest BCUT2D eigenvalue weighted by molar-refractivity contribution is 9.08. The molecular weight excluding hydrogens is 266 g/mol. The van der Waals surface area contributed by atoms with Crippen molar-refractivity contribution in [3.63, 3.8) is 0 Å². The number of rotatable bonds is 5.